The number of nitrogens with zero attached hydrogens (tertiary/aromatic N) is 5. The Morgan fingerprint density at radius 2 is 1.63 bits per heavy atom. The van der Waals surface area contributed by atoms with E-state index in [0.717, 1.165) is 27.8 Å². The highest BCUT2D eigenvalue weighted by molar-refractivity contribution is 6.03. The number of hydrogen-bond acceptors (Lipinski definition) is 5. The third-order valence-electron chi connectivity index (χ3n) is 7.28. The minimum atomic E-state index is -0.692. The Labute approximate surface area is 220 Å². The highest BCUT2D eigenvalue weighted by atomic mass is 19.1. The number of amides is 1. The summed E-state index contributed by atoms with van der Waals surface area (Å²) < 4.78 is 15.2. The normalized spacial score (nSPS) is 18.8. The van der Waals surface area contributed by atoms with E-state index >= 15 is 0 Å². The van der Waals surface area contributed by atoms with Gasteiger partial charge in [0.2, 0.25) is 5.91 Å². The minimum absolute atomic E-state index is 0.0307. The van der Waals surface area contributed by atoms with Crippen molar-refractivity contribution in [2.24, 2.45) is 5.41 Å². The van der Waals surface area contributed by atoms with Crippen LogP contribution in [0.5, 0.6) is 0 Å². The molecule has 1 fully saturated rings. The Morgan fingerprint density at radius 3 is 2.37 bits per heavy atom. The van der Waals surface area contributed by atoms with Crippen molar-refractivity contribution in [1.29, 1.82) is 0 Å². The monoisotopic (exact) mass is 506 g/mol. The van der Waals surface area contributed by atoms with Crippen molar-refractivity contribution in [3.63, 3.8) is 0 Å². The van der Waals surface area contributed by atoms with Gasteiger partial charge < -0.3 is 10.2 Å². The van der Waals surface area contributed by atoms with Crippen LogP contribution in [-0.2, 0) is 11.3 Å². The van der Waals surface area contributed by atoms with E-state index in [2.05, 4.69) is 32.5 Å². The quantitative estimate of drug-likeness (QED) is 0.341. The van der Waals surface area contributed by atoms with E-state index in [4.69, 9.17) is 0 Å². The largest absolute Gasteiger partial charge is 0.304 e. The van der Waals surface area contributed by atoms with E-state index in [1.165, 1.54) is 12.1 Å². The maximum atomic E-state index is 14.0. The third-order valence-corrected chi connectivity index (χ3v) is 7.28. The third kappa shape index (κ3) is 4.13. The van der Waals surface area contributed by atoms with Crippen molar-refractivity contribution in [2.75, 3.05) is 4.90 Å². The summed E-state index contributed by atoms with van der Waals surface area (Å²) in [6.45, 7) is 4.42. The Bertz CT molecular complexity index is 1580. The Morgan fingerprint density at radius 1 is 0.921 bits per heavy atom. The molecular weight excluding hydrogens is 479 g/mol. The van der Waals surface area contributed by atoms with Crippen molar-refractivity contribution in [3.8, 4) is 5.69 Å². The molecule has 1 amide bonds. The Balaban J connectivity index is 1.40. The number of aromatic nitrogens is 4. The van der Waals surface area contributed by atoms with Crippen LogP contribution >= 0.6 is 0 Å². The highest BCUT2D eigenvalue weighted by Gasteiger charge is 2.54. The second kappa shape index (κ2) is 9.46. The number of carbonyl (C=O) groups is 1. The van der Waals surface area contributed by atoms with Gasteiger partial charge in [-0.3, -0.25) is 4.79 Å². The number of fused-ring (bicyclic) bond motifs is 1. The van der Waals surface area contributed by atoms with Gasteiger partial charge in [0.05, 0.1) is 35.4 Å². The van der Waals surface area contributed by atoms with Gasteiger partial charge in [0, 0.05) is 29.5 Å². The van der Waals surface area contributed by atoms with Gasteiger partial charge in [0.1, 0.15) is 11.6 Å². The lowest BCUT2D eigenvalue weighted by molar-refractivity contribution is -0.124. The maximum Gasteiger partial charge on any atom is 0.234 e. The van der Waals surface area contributed by atoms with Crippen LogP contribution in [0, 0.1) is 11.2 Å². The minimum Gasteiger partial charge on any atom is -0.304 e. The van der Waals surface area contributed by atoms with E-state index in [1.807, 2.05) is 55.1 Å². The van der Waals surface area contributed by atoms with Gasteiger partial charge >= 0.3 is 0 Å². The SMILES string of the molecule is CC1(C)C(=O)N(c2ccc3c(cnn3-c3ccc(F)cc3)c2)[C@@H](c2ccccc2)[C@H]1NCc1ncccn1. The number of rotatable bonds is 6. The van der Waals surface area contributed by atoms with Crippen LogP contribution in [0.2, 0.25) is 0 Å². The molecule has 0 bridgehead atoms. The zero-order chi connectivity index (χ0) is 26.3. The summed E-state index contributed by atoms with van der Waals surface area (Å²) in [4.78, 5) is 24.6. The fourth-order valence-electron chi connectivity index (χ4n) is 5.33. The Kier molecular flexibility index (Phi) is 5.96. The summed E-state index contributed by atoms with van der Waals surface area (Å²) in [7, 11) is 0. The zero-order valence-corrected chi connectivity index (χ0v) is 21.1. The van der Waals surface area contributed by atoms with Crippen molar-refractivity contribution in [3.05, 3.63) is 115 Å². The molecule has 3 aromatic carbocycles. The van der Waals surface area contributed by atoms with Crippen LogP contribution in [0.15, 0.2) is 97.5 Å². The first kappa shape index (κ1) is 23.9. The first-order valence-corrected chi connectivity index (χ1v) is 12.5. The number of hydrogen-bond donors (Lipinski definition) is 1. The van der Waals surface area contributed by atoms with Crippen molar-refractivity contribution < 1.29 is 9.18 Å². The van der Waals surface area contributed by atoms with E-state index in [1.54, 1.807) is 41.5 Å². The van der Waals surface area contributed by atoms with Crippen LogP contribution in [0.4, 0.5) is 10.1 Å². The molecule has 0 unspecified atom stereocenters. The van der Waals surface area contributed by atoms with Crippen molar-refractivity contribution in [1.82, 2.24) is 25.1 Å². The van der Waals surface area contributed by atoms with Gasteiger partial charge in [-0.15, -0.1) is 0 Å². The summed E-state index contributed by atoms with van der Waals surface area (Å²) in [6.07, 6.45) is 5.21. The lowest BCUT2D eigenvalue weighted by atomic mass is 9.82. The maximum absolute atomic E-state index is 14.0. The highest BCUT2D eigenvalue weighted by Crippen LogP contribution is 2.47. The number of nitrogens with one attached hydrogen (secondary N) is 1. The number of benzene rings is 3. The molecule has 2 atom stereocenters. The summed E-state index contributed by atoms with van der Waals surface area (Å²) in [5, 5.41) is 9.02. The Hall–Kier alpha value is -4.43. The number of anilines is 1. The number of carbonyl (C=O) groups excluding carboxylic acids is 1. The van der Waals surface area contributed by atoms with Crippen LogP contribution < -0.4 is 10.2 Å². The van der Waals surface area contributed by atoms with E-state index in [-0.39, 0.29) is 23.8 Å². The lowest BCUT2D eigenvalue weighted by Crippen LogP contribution is -2.43. The smallest absolute Gasteiger partial charge is 0.234 e. The lowest BCUT2D eigenvalue weighted by Gasteiger charge is -2.31. The number of halogens is 1. The molecule has 2 aromatic heterocycles. The fourth-order valence-corrected chi connectivity index (χ4v) is 5.33. The second-order valence-corrected chi connectivity index (χ2v) is 10.1. The molecule has 5 aromatic rings. The van der Waals surface area contributed by atoms with Gasteiger partial charge in [0.25, 0.3) is 0 Å². The van der Waals surface area contributed by atoms with E-state index in [9.17, 15) is 9.18 Å². The van der Waals surface area contributed by atoms with Crippen molar-refractivity contribution >= 4 is 22.5 Å². The van der Waals surface area contributed by atoms with Crippen LogP contribution in [0.1, 0.15) is 31.3 Å². The van der Waals surface area contributed by atoms with Gasteiger partial charge in [-0.25, -0.2) is 19.0 Å². The molecule has 7 nitrogen and oxygen atoms in total. The first-order valence-electron chi connectivity index (χ1n) is 12.5. The summed E-state index contributed by atoms with van der Waals surface area (Å²) in [6, 6.07) is 23.6. The predicted octanol–water partition coefficient (Wildman–Crippen LogP) is 5.23. The van der Waals surface area contributed by atoms with Gasteiger partial charge in [-0.1, -0.05) is 30.3 Å². The van der Waals surface area contributed by atoms with Crippen LogP contribution in [0.25, 0.3) is 16.6 Å². The summed E-state index contributed by atoms with van der Waals surface area (Å²) in [5.41, 5.74) is 2.78. The standard InChI is InChI=1S/C30H27FN6O/c1-30(2)28(34-19-26-32-15-6-16-33-26)27(20-7-4-3-5-8-20)36(29(30)38)24-13-14-25-21(17-24)18-35-37(25)23-11-9-22(31)10-12-23/h3-18,27-28,34H,19H2,1-2H3/t27-,28+/m0/s1. The molecule has 1 saturated heterocycles. The molecule has 8 heteroatoms. The van der Waals surface area contributed by atoms with Gasteiger partial charge in [0.15, 0.2) is 0 Å². The second-order valence-electron chi connectivity index (χ2n) is 10.1. The van der Waals surface area contributed by atoms with Crippen LogP contribution in [0.3, 0.4) is 0 Å². The molecule has 0 saturated carbocycles. The molecule has 3 heterocycles. The van der Waals surface area contributed by atoms with E-state index in [0.29, 0.717) is 12.4 Å². The van der Waals surface area contributed by atoms with Gasteiger partial charge in [-0.05, 0) is 67.9 Å². The van der Waals surface area contributed by atoms with Crippen molar-refractivity contribution in [2.45, 2.75) is 32.5 Å². The molecule has 38 heavy (non-hydrogen) atoms. The topological polar surface area (TPSA) is 75.9 Å². The average Bonchev–Trinajstić information content (AvgIpc) is 3.45. The zero-order valence-electron chi connectivity index (χ0n) is 21.1. The molecule has 190 valence electrons. The molecule has 0 radical (unpaired) electrons. The predicted molar refractivity (Wildman–Crippen MR) is 144 cm³/mol. The molecule has 1 N–H and O–H groups in total. The van der Waals surface area contributed by atoms with E-state index < -0.39 is 5.41 Å². The average molecular weight is 507 g/mol. The molecule has 0 spiro atoms. The summed E-state index contributed by atoms with van der Waals surface area (Å²) >= 11 is 0. The molecule has 1 aliphatic heterocycles. The van der Waals surface area contributed by atoms with Gasteiger partial charge in [-0.2, -0.15) is 5.10 Å². The molecular formula is C30H27FN6O. The first-order chi connectivity index (χ1) is 18.4. The molecule has 6 rings (SSSR count). The molecule has 1 aliphatic rings. The fraction of sp³-hybridized carbons (Fsp3) is 0.200. The van der Waals surface area contributed by atoms with Crippen LogP contribution in [-0.4, -0.2) is 31.7 Å². The summed E-state index contributed by atoms with van der Waals surface area (Å²) in [5.74, 6) is 0.412. The molecule has 0 aliphatic carbocycles.